The lowest BCUT2D eigenvalue weighted by molar-refractivity contribution is 0.282. The first-order chi connectivity index (χ1) is 11.2. The fourth-order valence-corrected chi connectivity index (χ4v) is 2.86. The van der Waals surface area contributed by atoms with E-state index < -0.39 is 0 Å². The summed E-state index contributed by atoms with van der Waals surface area (Å²) in [4.78, 5) is 15.0. The van der Waals surface area contributed by atoms with Gasteiger partial charge in [0.05, 0.1) is 41.0 Å². The number of ether oxygens (including phenoxy) is 2. The van der Waals surface area contributed by atoms with Crippen LogP contribution < -0.4 is 15.0 Å². The van der Waals surface area contributed by atoms with Crippen molar-refractivity contribution in [3.8, 4) is 22.8 Å². The van der Waals surface area contributed by atoms with Gasteiger partial charge in [-0.25, -0.2) is 5.10 Å². The van der Waals surface area contributed by atoms with Gasteiger partial charge < -0.3 is 14.5 Å². The van der Waals surface area contributed by atoms with Gasteiger partial charge in [0.15, 0.2) is 11.5 Å². The number of methoxy groups -OCH3 is 1. The maximum Gasteiger partial charge on any atom is 0.275 e. The average molecular weight is 332 g/mol. The summed E-state index contributed by atoms with van der Waals surface area (Å²) in [6.07, 6.45) is 3.91. The molecule has 0 atom stereocenters. The highest BCUT2D eigenvalue weighted by atomic mass is 35.5. The van der Waals surface area contributed by atoms with E-state index in [1.807, 2.05) is 18.2 Å². The van der Waals surface area contributed by atoms with Gasteiger partial charge in [-0.15, -0.1) is 0 Å². The van der Waals surface area contributed by atoms with Gasteiger partial charge >= 0.3 is 0 Å². The fraction of sp³-hybridized carbons (Fsp3) is 0.250. The zero-order chi connectivity index (χ0) is 16.0. The van der Waals surface area contributed by atoms with Crippen LogP contribution in [-0.4, -0.2) is 28.4 Å². The van der Waals surface area contributed by atoms with E-state index in [-0.39, 0.29) is 11.7 Å². The van der Waals surface area contributed by atoms with E-state index in [9.17, 15) is 4.79 Å². The van der Waals surface area contributed by atoms with Crippen molar-refractivity contribution in [2.24, 2.45) is 0 Å². The molecule has 0 aliphatic heterocycles. The SMILES string of the molecule is COc1ccc(-c2[nH]c3cn[nH]c(=O)c3c2Cl)cc1OC1CC1. The molecule has 6 nitrogen and oxygen atoms in total. The Morgan fingerprint density at radius 3 is 2.83 bits per heavy atom. The number of fused-ring (bicyclic) bond motifs is 1. The molecule has 0 saturated heterocycles. The lowest BCUT2D eigenvalue weighted by Crippen LogP contribution is -2.06. The highest BCUT2D eigenvalue weighted by Gasteiger charge is 2.25. The van der Waals surface area contributed by atoms with E-state index in [2.05, 4.69) is 15.2 Å². The lowest BCUT2D eigenvalue weighted by atomic mass is 10.1. The average Bonchev–Trinajstić information content (AvgIpc) is 3.29. The number of aromatic amines is 2. The predicted octanol–water partition coefficient (Wildman–Crippen LogP) is 3.12. The van der Waals surface area contributed by atoms with Gasteiger partial charge in [-0.05, 0) is 31.0 Å². The summed E-state index contributed by atoms with van der Waals surface area (Å²) in [5.74, 6) is 1.35. The number of nitrogens with zero attached hydrogens (tertiary/aromatic N) is 1. The molecule has 1 aromatic carbocycles. The Balaban J connectivity index is 1.85. The van der Waals surface area contributed by atoms with Gasteiger partial charge in [0.1, 0.15) is 0 Å². The van der Waals surface area contributed by atoms with Crippen molar-refractivity contribution in [1.82, 2.24) is 15.2 Å². The molecule has 0 amide bonds. The van der Waals surface area contributed by atoms with Crippen molar-refractivity contribution in [1.29, 1.82) is 0 Å². The first-order valence-electron chi connectivity index (χ1n) is 7.27. The van der Waals surface area contributed by atoms with E-state index in [4.69, 9.17) is 21.1 Å². The Bertz CT molecular complexity index is 943. The third-order valence-corrected chi connectivity index (χ3v) is 4.20. The summed E-state index contributed by atoms with van der Waals surface area (Å²) in [6, 6.07) is 5.57. The number of hydrogen-bond donors (Lipinski definition) is 2. The van der Waals surface area contributed by atoms with Crippen LogP contribution in [0.1, 0.15) is 12.8 Å². The quantitative estimate of drug-likeness (QED) is 0.769. The van der Waals surface area contributed by atoms with Gasteiger partial charge in [0.2, 0.25) is 0 Å². The zero-order valence-electron chi connectivity index (χ0n) is 12.4. The van der Waals surface area contributed by atoms with Crippen LogP contribution in [0.25, 0.3) is 22.2 Å². The third-order valence-electron chi connectivity index (χ3n) is 3.83. The smallest absolute Gasteiger partial charge is 0.275 e. The second-order valence-electron chi connectivity index (χ2n) is 5.48. The molecule has 23 heavy (non-hydrogen) atoms. The summed E-state index contributed by atoms with van der Waals surface area (Å²) in [5.41, 5.74) is 1.75. The van der Waals surface area contributed by atoms with Crippen molar-refractivity contribution in [2.75, 3.05) is 7.11 Å². The van der Waals surface area contributed by atoms with Crippen molar-refractivity contribution < 1.29 is 9.47 Å². The molecule has 1 aliphatic carbocycles. The van der Waals surface area contributed by atoms with E-state index in [0.29, 0.717) is 33.1 Å². The molecule has 1 aliphatic rings. The number of aromatic nitrogens is 3. The Morgan fingerprint density at radius 1 is 1.30 bits per heavy atom. The summed E-state index contributed by atoms with van der Waals surface area (Å²) in [6.45, 7) is 0. The molecule has 0 bridgehead atoms. The van der Waals surface area contributed by atoms with E-state index in [0.717, 1.165) is 18.4 Å². The highest BCUT2D eigenvalue weighted by Crippen LogP contribution is 2.39. The lowest BCUT2D eigenvalue weighted by Gasteiger charge is -2.11. The molecule has 7 heteroatoms. The Kier molecular flexibility index (Phi) is 3.27. The second kappa shape index (κ2) is 5.31. The fourth-order valence-electron chi connectivity index (χ4n) is 2.51. The number of benzene rings is 1. The predicted molar refractivity (Wildman–Crippen MR) is 87.4 cm³/mol. The number of hydrogen-bond acceptors (Lipinski definition) is 4. The number of H-pyrrole nitrogens is 2. The van der Waals surface area contributed by atoms with Crippen LogP contribution in [0.2, 0.25) is 5.02 Å². The van der Waals surface area contributed by atoms with Crippen molar-refractivity contribution >= 4 is 22.5 Å². The molecular formula is C16H14ClN3O3. The van der Waals surface area contributed by atoms with Crippen LogP contribution in [0.4, 0.5) is 0 Å². The summed E-state index contributed by atoms with van der Waals surface area (Å²) < 4.78 is 11.2. The third kappa shape index (κ3) is 2.45. The molecule has 0 spiro atoms. The maximum absolute atomic E-state index is 11.9. The Morgan fingerprint density at radius 2 is 2.13 bits per heavy atom. The van der Waals surface area contributed by atoms with Gasteiger partial charge in [0.25, 0.3) is 5.56 Å². The molecule has 1 fully saturated rings. The molecule has 2 heterocycles. The largest absolute Gasteiger partial charge is 0.493 e. The van der Waals surface area contributed by atoms with E-state index in [1.54, 1.807) is 7.11 Å². The van der Waals surface area contributed by atoms with E-state index >= 15 is 0 Å². The standard InChI is InChI=1S/C16H14ClN3O3/c1-22-11-5-2-8(6-12(11)23-9-3-4-9)15-14(17)13-10(19-15)7-18-20-16(13)21/h2,5-7,9,19H,3-4H2,1H3,(H,20,21). The monoisotopic (exact) mass is 331 g/mol. The van der Waals surface area contributed by atoms with Crippen LogP contribution in [0.3, 0.4) is 0 Å². The van der Waals surface area contributed by atoms with Gasteiger partial charge in [-0.3, -0.25) is 4.79 Å². The minimum Gasteiger partial charge on any atom is -0.493 e. The number of rotatable bonds is 4. The molecule has 0 unspecified atom stereocenters. The molecule has 1 saturated carbocycles. The minimum atomic E-state index is -0.321. The minimum absolute atomic E-state index is 0.254. The van der Waals surface area contributed by atoms with Crippen molar-refractivity contribution in [2.45, 2.75) is 18.9 Å². The molecule has 0 radical (unpaired) electrons. The highest BCUT2D eigenvalue weighted by molar-refractivity contribution is 6.38. The summed E-state index contributed by atoms with van der Waals surface area (Å²) in [7, 11) is 1.61. The van der Waals surface area contributed by atoms with Crippen molar-refractivity contribution in [3.63, 3.8) is 0 Å². The molecule has 3 aromatic rings. The van der Waals surface area contributed by atoms with Crippen LogP contribution in [0, 0.1) is 0 Å². The molecule has 2 N–H and O–H groups in total. The van der Waals surface area contributed by atoms with Crippen LogP contribution in [0.5, 0.6) is 11.5 Å². The zero-order valence-corrected chi connectivity index (χ0v) is 13.1. The molecule has 2 aromatic heterocycles. The molecule has 4 rings (SSSR count). The normalized spacial score (nSPS) is 14.2. The maximum atomic E-state index is 11.9. The second-order valence-corrected chi connectivity index (χ2v) is 5.86. The Hall–Kier alpha value is -2.47. The number of halogens is 1. The topological polar surface area (TPSA) is 80.0 Å². The summed E-state index contributed by atoms with van der Waals surface area (Å²) in [5, 5.41) is 6.94. The van der Waals surface area contributed by atoms with Crippen LogP contribution in [-0.2, 0) is 0 Å². The van der Waals surface area contributed by atoms with Gasteiger partial charge in [-0.1, -0.05) is 11.6 Å². The van der Waals surface area contributed by atoms with Gasteiger partial charge in [-0.2, -0.15) is 5.10 Å². The van der Waals surface area contributed by atoms with E-state index in [1.165, 1.54) is 6.20 Å². The Labute approximate surface area is 136 Å². The van der Waals surface area contributed by atoms with Crippen molar-refractivity contribution in [3.05, 3.63) is 39.8 Å². The first kappa shape index (κ1) is 14.1. The molecular weight excluding hydrogens is 318 g/mol. The van der Waals surface area contributed by atoms with Crippen LogP contribution >= 0.6 is 11.6 Å². The van der Waals surface area contributed by atoms with Gasteiger partial charge in [0, 0.05) is 5.56 Å². The summed E-state index contributed by atoms with van der Waals surface area (Å²) >= 11 is 6.39. The molecule has 118 valence electrons. The number of nitrogens with one attached hydrogen (secondary N) is 2. The first-order valence-corrected chi connectivity index (χ1v) is 7.65. The van der Waals surface area contributed by atoms with Crippen LogP contribution in [0.15, 0.2) is 29.2 Å².